The van der Waals surface area contributed by atoms with Crippen molar-refractivity contribution in [3.8, 4) is 0 Å². The van der Waals surface area contributed by atoms with Crippen LogP contribution in [0.2, 0.25) is 0 Å². The number of rotatable bonds is 8. The summed E-state index contributed by atoms with van der Waals surface area (Å²) >= 11 is 0. The summed E-state index contributed by atoms with van der Waals surface area (Å²) in [6.45, 7) is 8.70. The van der Waals surface area contributed by atoms with E-state index in [1.165, 1.54) is 0 Å². The average Bonchev–Trinajstić information content (AvgIpc) is 2.11. The van der Waals surface area contributed by atoms with E-state index in [9.17, 15) is 4.79 Å². The third-order valence-corrected chi connectivity index (χ3v) is 1.95. The summed E-state index contributed by atoms with van der Waals surface area (Å²) in [5.74, 6) is 0. The molecule has 0 atom stereocenters. The van der Waals surface area contributed by atoms with Gasteiger partial charge in [0.25, 0.3) is 6.47 Å². The Labute approximate surface area is 74.7 Å². The first kappa shape index (κ1) is 11.4. The van der Waals surface area contributed by atoms with E-state index < -0.39 is 0 Å². The number of hydrogen-bond donors (Lipinski definition) is 0. The van der Waals surface area contributed by atoms with Crippen molar-refractivity contribution >= 4 is 6.47 Å². The minimum Gasteiger partial charge on any atom is -0.468 e. The fourth-order valence-corrected chi connectivity index (χ4v) is 1.11. The van der Waals surface area contributed by atoms with Gasteiger partial charge >= 0.3 is 0 Å². The number of nitrogens with zero attached hydrogens (tertiary/aromatic N) is 1. The Kier molecular flexibility index (Phi) is 8.12. The van der Waals surface area contributed by atoms with E-state index in [0.29, 0.717) is 13.1 Å². The smallest absolute Gasteiger partial charge is 0.293 e. The lowest BCUT2D eigenvalue weighted by Gasteiger charge is -2.17. The summed E-state index contributed by atoms with van der Waals surface area (Å²) in [7, 11) is 0. The highest BCUT2D eigenvalue weighted by molar-refractivity contribution is 5.36. The maximum atomic E-state index is 9.78. The molecule has 0 fully saturated rings. The molecule has 0 saturated carbocycles. The van der Waals surface area contributed by atoms with Gasteiger partial charge in [-0.3, -0.25) is 4.79 Å². The first-order valence-corrected chi connectivity index (χ1v) is 4.62. The van der Waals surface area contributed by atoms with Gasteiger partial charge in [-0.2, -0.15) is 0 Å². The number of carbonyl (C=O) groups excluding carboxylic acids is 1. The van der Waals surface area contributed by atoms with Crippen molar-refractivity contribution in [3.05, 3.63) is 0 Å². The molecular weight excluding hydrogens is 154 g/mol. The Hall–Kier alpha value is -0.570. The van der Waals surface area contributed by atoms with Crippen LogP contribution < -0.4 is 0 Å². The van der Waals surface area contributed by atoms with Crippen LogP contribution in [0.5, 0.6) is 0 Å². The number of hydrogen-bond acceptors (Lipinski definition) is 3. The molecule has 0 saturated heterocycles. The largest absolute Gasteiger partial charge is 0.468 e. The molecule has 3 nitrogen and oxygen atoms in total. The molecule has 12 heavy (non-hydrogen) atoms. The average molecular weight is 173 g/mol. The zero-order valence-corrected chi connectivity index (χ0v) is 8.08. The van der Waals surface area contributed by atoms with Gasteiger partial charge in [-0.1, -0.05) is 13.8 Å². The summed E-state index contributed by atoms with van der Waals surface area (Å²) in [5.41, 5.74) is 0. The van der Waals surface area contributed by atoms with Crippen LogP contribution in [-0.2, 0) is 9.53 Å². The van der Waals surface area contributed by atoms with E-state index in [-0.39, 0.29) is 0 Å². The molecule has 3 heteroatoms. The molecule has 0 amide bonds. The van der Waals surface area contributed by atoms with Gasteiger partial charge in [0.15, 0.2) is 0 Å². The quantitative estimate of drug-likeness (QED) is 0.409. The molecule has 0 heterocycles. The zero-order valence-electron chi connectivity index (χ0n) is 8.08. The zero-order chi connectivity index (χ0) is 9.23. The van der Waals surface area contributed by atoms with Crippen LogP contribution in [0.15, 0.2) is 0 Å². The first-order chi connectivity index (χ1) is 5.85. The molecule has 0 rings (SSSR count). The Morgan fingerprint density at radius 2 is 1.92 bits per heavy atom. The van der Waals surface area contributed by atoms with Crippen molar-refractivity contribution in [2.24, 2.45) is 0 Å². The summed E-state index contributed by atoms with van der Waals surface area (Å²) in [6.07, 6.45) is 2.07. The van der Waals surface area contributed by atoms with E-state index in [2.05, 4.69) is 23.5 Å². The van der Waals surface area contributed by atoms with E-state index >= 15 is 0 Å². The third-order valence-electron chi connectivity index (χ3n) is 1.95. The molecule has 0 aromatic rings. The normalized spacial score (nSPS) is 10.2. The van der Waals surface area contributed by atoms with Crippen LogP contribution in [-0.4, -0.2) is 37.6 Å². The molecule has 0 aromatic carbocycles. The fourth-order valence-electron chi connectivity index (χ4n) is 1.11. The second-order valence-electron chi connectivity index (χ2n) is 2.70. The van der Waals surface area contributed by atoms with Gasteiger partial charge in [0.05, 0.1) is 6.61 Å². The van der Waals surface area contributed by atoms with Gasteiger partial charge in [-0.25, -0.2) is 0 Å². The molecule has 0 aromatic heterocycles. The monoisotopic (exact) mass is 173 g/mol. The predicted molar refractivity (Wildman–Crippen MR) is 49.0 cm³/mol. The number of carbonyl (C=O) groups is 1. The van der Waals surface area contributed by atoms with Gasteiger partial charge < -0.3 is 9.64 Å². The molecular formula is C9H19NO2. The predicted octanol–water partition coefficient (Wildman–Crippen LogP) is 1.28. The van der Waals surface area contributed by atoms with Gasteiger partial charge in [0.2, 0.25) is 0 Å². The molecule has 0 aliphatic heterocycles. The number of ether oxygens (including phenoxy) is 1. The van der Waals surface area contributed by atoms with E-state index in [1.807, 2.05) is 0 Å². The lowest BCUT2D eigenvalue weighted by Crippen LogP contribution is -2.24. The van der Waals surface area contributed by atoms with Gasteiger partial charge in [0, 0.05) is 0 Å². The lowest BCUT2D eigenvalue weighted by atomic mass is 10.3. The summed E-state index contributed by atoms with van der Waals surface area (Å²) in [6, 6.07) is 0. The second-order valence-corrected chi connectivity index (χ2v) is 2.70. The van der Waals surface area contributed by atoms with Crippen LogP contribution in [0.1, 0.15) is 26.7 Å². The Bertz CT molecular complexity index is 103. The second kappa shape index (κ2) is 8.53. The van der Waals surface area contributed by atoms with E-state index in [0.717, 1.165) is 32.5 Å². The summed E-state index contributed by atoms with van der Waals surface area (Å²) in [5, 5.41) is 0. The summed E-state index contributed by atoms with van der Waals surface area (Å²) in [4.78, 5) is 12.1. The Morgan fingerprint density at radius 3 is 2.42 bits per heavy atom. The lowest BCUT2D eigenvalue weighted by molar-refractivity contribution is -0.128. The SMILES string of the molecule is CCN(CC)CCCCOC=O. The molecule has 0 aliphatic carbocycles. The minimum atomic E-state index is 0.511. The maximum absolute atomic E-state index is 9.78. The topological polar surface area (TPSA) is 29.5 Å². The van der Waals surface area contributed by atoms with Crippen LogP contribution in [0.4, 0.5) is 0 Å². The molecule has 0 bridgehead atoms. The summed E-state index contributed by atoms with van der Waals surface area (Å²) < 4.78 is 4.58. The standard InChI is InChI=1S/C9H19NO2/c1-3-10(4-2)7-5-6-8-12-9-11/h9H,3-8H2,1-2H3. The van der Waals surface area contributed by atoms with Crippen LogP contribution >= 0.6 is 0 Å². The molecule has 0 N–H and O–H groups in total. The first-order valence-electron chi connectivity index (χ1n) is 4.62. The van der Waals surface area contributed by atoms with Crippen molar-refractivity contribution < 1.29 is 9.53 Å². The highest BCUT2D eigenvalue weighted by atomic mass is 16.5. The number of unbranched alkanes of at least 4 members (excludes halogenated alkanes) is 1. The Morgan fingerprint density at radius 1 is 1.25 bits per heavy atom. The van der Waals surface area contributed by atoms with Crippen LogP contribution in [0.25, 0.3) is 0 Å². The van der Waals surface area contributed by atoms with E-state index in [1.54, 1.807) is 0 Å². The maximum Gasteiger partial charge on any atom is 0.293 e. The van der Waals surface area contributed by atoms with Crippen LogP contribution in [0, 0.1) is 0 Å². The minimum absolute atomic E-state index is 0.511. The van der Waals surface area contributed by atoms with Crippen LogP contribution in [0.3, 0.4) is 0 Å². The highest BCUT2D eigenvalue weighted by Crippen LogP contribution is 1.94. The Balaban J connectivity index is 3.11. The van der Waals surface area contributed by atoms with Gasteiger partial charge in [-0.15, -0.1) is 0 Å². The highest BCUT2D eigenvalue weighted by Gasteiger charge is 1.97. The third kappa shape index (κ3) is 6.16. The fraction of sp³-hybridized carbons (Fsp3) is 0.889. The van der Waals surface area contributed by atoms with Gasteiger partial charge in [-0.05, 0) is 32.5 Å². The molecule has 72 valence electrons. The van der Waals surface area contributed by atoms with Crippen molar-refractivity contribution in [3.63, 3.8) is 0 Å². The van der Waals surface area contributed by atoms with Crippen molar-refractivity contribution in [1.29, 1.82) is 0 Å². The molecule has 0 radical (unpaired) electrons. The molecule has 0 spiro atoms. The molecule has 0 aliphatic rings. The molecule has 0 unspecified atom stereocenters. The van der Waals surface area contributed by atoms with E-state index in [4.69, 9.17) is 0 Å². The van der Waals surface area contributed by atoms with Crippen molar-refractivity contribution in [2.45, 2.75) is 26.7 Å². The van der Waals surface area contributed by atoms with Crippen molar-refractivity contribution in [1.82, 2.24) is 4.90 Å². The van der Waals surface area contributed by atoms with Crippen molar-refractivity contribution in [2.75, 3.05) is 26.2 Å². The van der Waals surface area contributed by atoms with Gasteiger partial charge in [0.1, 0.15) is 0 Å².